The Balaban J connectivity index is 1.88. The zero-order chi connectivity index (χ0) is 16.5. The van der Waals surface area contributed by atoms with Crippen molar-refractivity contribution in [3.05, 3.63) is 52.5 Å². The Labute approximate surface area is 148 Å². The lowest BCUT2D eigenvalue weighted by atomic mass is 10.1. The molecule has 1 heterocycles. The van der Waals surface area contributed by atoms with E-state index in [-0.39, 0.29) is 6.10 Å². The molecule has 1 aromatic carbocycles. The van der Waals surface area contributed by atoms with Gasteiger partial charge in [0, 0.05) is 18.9 Å². The number of benzene rings is 1. The number of unbranched alkanes of at least 4 members (excludes halogenated alkanes) is 3. The largest absolute Gasteiger partial charge is 0.372 e. The van der Waals surface area contributed by atoms with Crippen molar-refractivity contribution in [2.75, 3.05) is 0 Å². The summed E-state index contributed by atoms with van der Waals surface area (Å²) in [7, 11) is 0. The second-order valence-corrected chi connectivity index (χ2v) is 6.60. The van der Waals surface area contributed by atoms with E-state index in [4.69, 9.17) is 27.9 Å². The fourth-order valence-electron chi connectivity index (χ4n) is 2.50. The standard InChI is InChI=1S/C18H24Cl2N2O/c1-2-3-4-5-6-16(12-22-10-9-21-14-22)23-13-15-7-8-17(19)18(20)11-15/h7-11,14,16H,2-6,12-13H2,1H3. The number of aromatic nitrogens is 2. The zero-order valence-corrected chi connectivity index (χ0v) is 15.1. The number of imidazole rings is 1. The van der Waals surface area contributed by atoms with Crippen molar-refractivity contribution in [1.82, 2.24) is 9.55 Å². The average Bonchev–Trinajstić information content (AvgIpc) is 3.05. The lowest BCUT2D eigenvalue weighted by Crippen LogP contribution is -2.19. The molecule has 2 aromatic rings. The summed E-state index contributed by atoms with van der Waals surface area (Å²) in [4.78, 5) is 4.10. The predicted molar refractivity (Wildman–Crippen MR) is 96.0 cm³/mol. The molecule has 0 N–H and O–H groups in total. The van der Waals surface area contributed by atoms with Crippen LogP contribution >= 0.6 is 23.2 Å². The normalized spacial score (nSPS) is 12.5. The maximum Gasteiger partial charge on any atom is 0.0946 e. The molecule has 1 aromatic heterocycles. The van der Waals surface area contributed by atoms with E-state index in [1.165, 1.54) is 25.7 Å². The number of nitrogens with zero attached hydrogens (tertiary/aromatic N) is 2. The molecule has 0 aliphatic carbocycles. The molecule has 0 radical (unpaired) electrons. The van der Waals surface area contributed by atoms with Gasteiger partial charge in [-0.1, -0.05) is 61.9 Å². The van der Waals surface area contributed by atoms with Crippen molar-refractivity contribution in [1.29, 1.82) is 0 Å². The molecule has 0 aliphatic rings. The van der Waals surface area contributed by atoms with Crippen molar-refractivity contribution in [3.8, 4) is 0 Å². The highest BCUT2D eigenvalue weighted by molar-refractivity contribution is 6.42. The molecule has 0 aliphatic heterocycles. The maximum absolute atomic E-state index is 6.13. The minimum Gasteiger partial charge on any atom is -0.372 e. The third kappa shape index (κ3) is 6.54. The number of hydrogen-bond donors (Lipinski definition) is 0. The van der Waals surface area contributed by atoms with Gasteiger partial charge in [0.1, 0.15) is 0 Å². The van der Waals surface area contributed by atoms with E-state index in [0.717, 1.165) is 18.5 Å². The highest BCUT2D eigenvalue weighted by Crippen LogP contribution is 2.23. The zero-order valence-electron chi connectivity index (χ0n) is 13.5. The smallest absolute Gasteiger partial charge is 0.0946 e. The molecule has 5 heteroatoms. The summed E-state index contributed by atoms with van der Waals surface area (Å²) >= 11 is 12.0. The molecule has 0 amide bonds. The molecule has 126 valence electrons. The summed E-state index contributed by atoms with van der Waals surface area (Å²) in [5.74, 6) is 0. The van der Waals surface area contributed by atoms with Crippen LogP contribution in [0.2, 0.25) is 10.0 Å². The van der Waals surface area contributed by atoms with E-state index in [2.05, 4.69) is 16.5 Å². The van der Waals surface area contributed by atoms with Crippen LogP contribution in [0.3, 0.4) is 0 Å². The lowest BCUT2D eigenvalue weighted by molar-refractivity contribution is 0.0221. The van der Waals surface area contributed by atoms with E-state index in [1.54, 1.807) is 6.20 Å². The summed E-state index contributed by atoms with van der Waals surface area (Å²) in [5, 5.41) is 1.15. The first-order chi connectivity index (χ1) is 11.2. The Bertz CT molecular complexity index is 572. The van der Waals surface area contributed by atoms with Crippen molar-refractivity contribution in [3.63, 3.8) is 0 Å². The minimum atomic E-state index is 0.176. The maximum atomic E-state index is 6.13. The topological polar surface area (TPSA) is 27.1 Å². The minimum absolute atomic E-state index is 0.176. The summed E-state index contributed by atoms with van der Waals surface area (Å²) in [6.45, 7) is 3.60. The molecule has 3 nitrogen and oxygen atoms in total. The summed E-state index contributed by atoms with van der Waals surface area (Å²) in [5.41, 5.74) is 1.04. The first-order valence-corrected chi connectivity index (χ1v) is 8.96. The number of ether oxygens (including phenoxy) is 1. The Hall–Kier alpha value is -1.03. The lowest BCUT2D eigenvalue weighted by Gasteiger charge is -2.19. The van der Waals surface area contributed by atoms with Crippen LogP contribution in [0.5, 0.6) is 0 Å². The first-order valence-electron chi connectivity index (χ1n) is 8.20. The van der Waals surface area contributed by atoms with E-state index >= 15 is 0 Å². The predicted octanol–water partition coefficient (Wildman–Crippen LogP) is 5.75. The highest BCUT2D eigenvalue weighted by atomic mass is 35.5. The second-order valence-electron chi connectivity index (χ2n) is 5.79. The third-order valence-corrected chi connectivity index (χ3v) is 4.56. The number of rotatable bonds is 10. The van der Waals surface area contributed by atoms with Crippen LogP contribution in [0.1, 0.15) is 44.6 Å². The van der Waals surface area contributed by atoms with Gasteiger partial charge in [0.05, 0.1) is 29.1 Å². The Morgan fingerprint density at radius 3 is 2.74 bits per heavy atom. The van der Waals surface area contributed by atoms with Gasteiger partial charge in [-0.15, -0.1) is 0 Å². The van der Waals surface area contributed by atoms with E-state index in [0.29, 0.717) is 16.7 Å². The number of halogens is 2. The summed E-state index contributed by atoms with van der Waals surface area (Å²) < 4.78 is 8.20. The highest BCUT2D eigenvalue weighted by Gasteiger charge is 2.11. The van der Waals surface area contributed by atoms with Gasteiger partial charge < -0.3 is 9.30 Å². The fourth-order valence-corrected chi connectivity index (χ4v) is 2.82. The SMILES string of the molecule is CCCCCCC(Cn1ccnc1)OCc1ccc(Cl)c(Cl)c1. The average molecular weight is 355 g/mol. The molecule has 23 heavy (non-hydrogen) atoms. The summed E-state index contributed by atoms with van der Waals surface area (Å²) in [6.07, 6.45) is 11.8. The molecule has 0 saturated heterocycles. The monoisotopic (exact) mass is 354 g/mol. The van der Waals surface area contributed by atoms with E-state index in [9.17, 15) is 0 Å². The molecule has 0 fully saturated rings. The summed E-state index contributed by atoms with van der Waals surface area (Å²) in [6, 6.07) is 5.64. The van der Waals surface area contributed by atoms with Gasteiger partial charge >= 0.3 is 0 Å². The van der Waals surface area contributed by atoms with Gasteiger partial charge in [0.15, 0.2) is 0 Å². The fraction of sp³-hybridized carbons (Fsp3) is 0.500. The van der Waals surface area contributed by atoms with Crippen molar-refractivity contribution >= 4 is 23.2 Å². The molecule has 1 unspecified atom stereocenters. The van der Waals surface area contributed by atoms with Gasteiger partial charge in [-0.3, -0.25) is 0 Å². The van der Waals surface area contributed by atoms with Crippen LogP contribution in [-0.4, -0.2) is 15.7 Å². The Morgan fingerprint density at radius 1 is 1.17 bits per heavy atom. The van der Waals surface area contributed by atoms with Crippen LogP contribution in [0.15, 0.2) is 36.9 Å². The number of hydrogen-bond acceptors (Lipinski definition) is 2. The van der Waals surface area contributed by atoms with Crippen LogP contribution in [0.25, 0.3) is 0 Å². The van der Waals surface area contributed by atoms with Crippen molar-refractivity contribution < 1.29 is 4.74 Å². The van der Waals surface area contributed by atoms with Crippen LogP contribution in [0, 0.1) is 0 Å². The van der Waals surface area contributed by atoms with Gasteiger partial charge in [-0.05, 0) is 24.1 Å². The molecule has 0 saturated carbocycles. The van der Waals surface area contributed by atoms with Gasteiger partial charge in [0.2, 0.25) is 0 Å². The second kappa shape index (κ2) is 9.96. The van der Waals surface area contributed by atoms with Crippen molar-refractivity contribution in [2.24, 2.45) is 0 Å². The van der Waals surface area contributed by atoms with Gasteiger partial charge in [-0.25, -0.2) is 4.98 Å². The molecular weight excluding hydrogens is 331 g/mol. The van der Waals surface area contributed by atoms with E-state index in [1.807, 2.05) is 30.7 Å². The third-order valence-electron chi connectivity index (χ3n) is 3.82. The van der Waals surface area contributed by atoms with E-state index < -0.39 is 0 Å². The first kappa shape index (κ1) is 18.3. The van der Waals surface area contributed by atoms with Crippen LogP contribution in [-0.2, 0) is 17.9 Å². The Kier molecular flexibility index (Phi) is 7.93. The van der Waals surface area contributed by atoms with Crippen LogP contribution < -0.4 is 0 Å². The van der Waals surface area contributed by atoms with Gasteiger partial charge in [-0.2, -0.15) is 0 Å². The van der Waals surface area contributed by atoms with Crippen molar-refractivity contribution in [2.45, 2.75) is 58.3 Å². The van der Waals surface area contributed by atoms with Crippen LogP contribution in [0.4, 0.5) is 0 Å². The quantitative estimate of drug-likeness (QED) is 0.508. The molecule has 1 atom stereocenters. The molecule has 0 bridgehead atoms. The molecular formula is C18H24Cl2N2O. The van der Waals surface area contributed by atoms with Gasteiger partial charge in [0.25, 0.3) is 0 Å². The Morgan fingerprint density at radius 2 is 2.04 bits per heavy atom. The molecule has 0 spiro atoms. The molecule has 2 rings (SSSR count).